The molecule has 0 bridgehead atoms. The van der Waals surface area contributed by atoms with Gasteiger partial charge in [0.1, 0.15) is 11.9 Å². The first kappa shape index (κ1) is 18.5. The van der Waals surface area contributed by atoms with Crippen LogP contribution in [-0.4, -0.2) is 18.0 Å². The zero-order valence-corrected chi connectivity index (χ0v) is 16.8. The van der Waals surface area contributed by atoms with E-state index in [0.29, 0.717) is 17.8 Å². The highest BCUT2D eigenvalue weighted by molar-refractivity contribution is 5.67. The van der Waals surface area contributed by atoms with Gasteiger partial charge in [-0.2, -0.15) is 0 Å². The minimum atomic E-state index is -0.217. The zero-order chi connectivity index (χ0) is 19.4. The number of esters is 2. The number of hydrogen-bond donors (Lipinski definition) is 0. The van der Waals surface area contributed by atoms with Crippen LogP contribution in [0.15, 0.2) is 35.6 Å². The van der Waals surface area contributed by atoms with Crippen LogP contribution >= 0.6 is 0 Å². The Balaban J connectivity index is 1.59. The first-order valence-corrected chi connectivity index (χ1v) is 10.2. The molecule has 0 heterocycles. The molecule has 0 amide bonds. The van der Waals surface area contributed by atoms with E-state index in [1.165, 1.54) is 19.4 Å². The van der Waals surface area contributed by atoms with Crippen molar-refractivity contribution in [2.75, 3.05) is 0 Å². The first-order chi connectivity index (χ1) is 12.7. The molecule has 4 rings (SSSR count). The highest BCUT2D eigenvalue weighted by Gasteiger charge is 2.57. The second-order valence-electron chi connectivity index (χ2n) is 9.19. The fraction of sp³-hybridized carbons (Fsp3) is 0.652. The van der Waals surface area contributed by atoms with Crippen LogP contribution in [0.1, 0.15) is 59.8 Å². The van der Waals surface area contributed by atoms with Crippen LogP contribution in [0.3, 0.4) is 0 Å². The van der Waals surface area contributed by atoms with Crippen LogP contribution < -0.4 is 0 Å². The normalized spacial score (nSPS) is 42.2. The summed E-state index contributed by atoms with van der Waals surface area (Å²) < 4.78 is 11.0. The summed E-state index contributed by atoms with van der Waals surface area (Å²) in [5, 5.41) is 0. The van der Waals surface area contributed by atoms with E-state index in [4.69, 9.17) is 9.47 Å². The number of carbonyl (C=O) groups excluding carboxylic acids is 2. The smallest absolute Gasteiger partial charge is 0.307 e. The van der Waals surface area contributed by atoms with E-state index in [9.17, 15) is 9.59 Å². The Morgan fingerprint density at radius 3 is 2.56 bits per heavy atom. The van der Waals surface area contributed by atoms with Crippen LogP contribution in [0.5, 0.6) is 0 Å². The Kier molecular flexibility index (Phi) is 4.36. The molecule has 27 heavy (non-hydrogen) atoms. The summed E-state index contributed by atoms with van der Waals surface area (Å²) in [7, 11) is 0. The van der Waals surface area contributed by atoms with Gasteiger partial charge in [-0.05, 0) is 55.6 Å². The van der Waals surface area contributed by atoms with Crippen LogP contribution in [-0.2, 0) is 19.1 Å². The molecule has 4 aliphatic rings. The monoisotopic (exact) mass is 370 g/mol. The van der Waals surface area contributed by atoms with Crippen molar-refractivity contribution in [2.24, 2.45) is 28.6 Å². The summed E-state index contributed by atoms with van der Waals surface area (Å²) in [5.41, 5.74) is 1.45. The molecule has 0 spiro atoms. The number of carbonyl (C=O) groups is 2. The molecular formula is C23H30O4. The highest BCUT2D eigenvalue weighted by Crippen LogP contribution is 2.64. The summed E-state index contributed by atoms with van der Waals surface area (Å²) in [5.74, 6) is 2.18. The third-order valence-corrected chi connectivity index (χ3v) is 7.69. The molecule has 0 aromatic heterocycles. The molecule has 4 unspecified atom stereocenters. The van der Waals surface area contributed by atoms with E-state index in [2.05, 4.69) is 38.2 Å². The third-order valence-electron chi connectivity index (χ3n) is 7.69. The Labute approximate surface area is 161 Å². The SMILES string of the molecule is CC(=O)OC1=CCC2C3CC=C4CC(OC(C)=O)C=C[C@]4(C)C3CC[C@]12C. The van der Waals surface area contributed by atoms with Gasteiger partial charge in [-0.1, -0.05) is 31.6 Å². The minimum Gasteiger partial charge on any atom is -0.458 e. The summed E-state index contributed by atoms with van der Waals surface area (Å²) in [6.45, 7) is 7.60. The van der Waals surface area contributed by atoms with Gasteiger partial charge >= 0.3 is 11.9 Å². The lowest BCUT2D eigenvalue weighted by Crippen LogP contribution is -2.49. The average molecular weight is 370 g/mol. The second kappa shape index (κ2) is 6.35. The van der Waals surface area contributed by atoms with Gasteiger partial charge in [0.2, 0.25) is 0 Å². The standard InChI is InChI=1S/C23H30O4/c1-14(24)26-17-9-11-22(3)16(13-17)5-6-18-19-7-8-21(27-15(2)25)23(19,4)12-10-20(18)22/h5,8-9,11,17-20H,6-7,10,12-13H2,1-4H3/t17?,18?,19?,20?,22-,23-/m0/s1. The van der Waals surface area contributed by atoms with Gasteiger partial charge in [-0.15, -0.1) is 0 Å². The number of allylic oxidation sites excluding steroid dienone is 4. The molecular weight excluding hydrogens is 340 g/mol. The van der Waals surface area contributed by atoms with Crippen LogP contribution in [0, 0.1) is 28.6 Å². The molecule has 4 heteroatoms. The lowest BCUT2D eigenvalue weighted by molar-refractivity contribution is -0.144. The molecule has 0 aromatic carbocycles. The van der Waals surface area contributed by atoms with E-state index >= 15 is 0 Å². The molecule has 6 atom stereocenters. The maximum atomic E-state index is 11.5. The fourth-order valence-corrected chi connectivity index (χ4v) is 6.36. The quantitative estimate of drug-likeness (QED) is 0.522. The Bertz CT molecular complexity index is 760. The van der Waals surface area contributed by atoms with Crippen molar-refractivity contribution in [3.8, 4) is 0 Å². The number of hydrogen-bond acceptors (Lipinski definition) is 4. The second-order valence-corrected chi connectivity index (χ2v) is 9.19. The lowest BCUT2D eigenvalue weighted by Gasteiger charge is -2.55. The van der Waals surface area contributed by atoms with Crippen molar-refractivity contribution in [3.63, 3.8) is 0 Å². The predicted octanol–water partition coefficient (Wildman–Crippen LogP) is 4.71. The number of fused-ring (bicyclic) bond motifs is 5. The Morgan fingerprint density at radius 1 is 1.07 bits per heavy atom. The van der Waals surface area contributed by atoms with Crippen molar-refractivity contribution in [1.29, 1.82) is 0 Å². The van der Waals surface area contributed by atoms with E-state index < -0.39 is 0 Å². The molecule has 1 fully saturated rings. The first-order valence-electron chi connectivity index (χ1n) is 10.2. The van der Waals surface area contributed by atoms with E-state index in [1.807, 2.05) is 0 Å². The van der Waals surface area contributed by atoms with Gasteiger partial charge in [0.25, 0.3) is 0 Å². The van der Waals surface area contributed by atoms with E-state index in [-0.39, 0.29) is 28.9 Å². The van der Waals surface area contributed by atoms with E-state index in [1.54, 1.807) is 0 Å². The van der Waals surface area contributed by atoms with Gasteiger partial charge in [-0.3, -0.25) is 9.59 Å². The Hall–Kier alpha value is -1.84. The molecule has 1 saturated carbocycles. The maximum Gasteiger partial charge on any atom is 0.307 e. The Morgan fingerprint density at radius 2 is 1.85 bits per heavy atom. The van der Waals surface area contributed by atoms with Gasteiger partial charge in [0.05, 0.1) is 0 Å². The topological polar surface area (TPSA) is 52.6 Å². The highest BCUT2D eigenvalue weighted by atomic mass is 16.5. The molecule has 0 aromatic rings. The maximum absolute atomic E-state index is 11.5. The molecule has 4 nitrogen and oxygen atoms in total. The predicted molar refractivity (Wildman–Crippen MR) is 102 cm³/mol. The summed E-state index contributed by atoms with van der Waals surface area (Å²) in [6.07, 6.45) is 13.9. The van der Waals surface area contributed by atoms with Gasteiger partial charge in [0.15, 0.2) is 0 Å². The molecule has 0 aliphatic heterocycles. The van der Waals surface area contributed by atoms with Crippen LogP contribution in [0.4, 0.5) is 0 Å². The average Bonchev–Trinajstić information content (AvgIpc) is 2.91. The fourth-order valence-electron chi connectivity index (χ4n) is 6.36. The molecule has 0 N–H and O–H groups in total. The van der Waals surface area contributed by atoms with Gasteiger partial charge < -0.3 is 9.47 Å². The summed E-state index contributed by atoms with van der Waals surface area (Å²) >= 11 is 0. The van der Waals surface area contributed by atoms with Crippen molar-refractivity contribution in [1.82, 2.24) is 0 Å². The van der Waals surface area contributed by atoms with Crippen LogP contribution in [0.2, 0.25) is 0 Å². The van der Waals surface area contributed by atoms with Crippen molar-refractivity contribution in [2.45, 2.75) is 65.9 Å². The van der Waals surface area contributed by atoms with Crippen LogP contribution in [0.25, 0.3) is 0 Å². The van der Waals surface area contributed by atoms with Crippen molar-refractivity contribution in [3.05, 3.63) is 35.6 Å². The third kappa shape index (κ3) is 2.88. The zero-order valence-electron chi connectivity index (χ0n) is 16.8. The largest absolute Gasteiger partial charge is 0.458 e. The summed E-state index contributed by atoms with van der Waals surface area (Å²) in [6, 6.07) is 0. The minimum absolute atomic E-state index is 0.0206. The molecule has 146 valence electrons. The van der Waals surface area contributed by atoms with Gasteiger partial charge in [-0.25, -0.2) is 0 Å². The summed E-state index contributed by atoms with van der Waals surface area (Å²) in [4.78, 5) is 22.9. The van der Waals surface area contributed by atoms with Gasteiger partial charge in [0, 0.05) is 31.1 Å². The number of ether oxygens (including phenoxy) is 2. The van der Waals surface area contributed by atoms with Crippen molar-refractivity contribution < 1.29 is 19.1 Å². The molecule has 0 saturated heterocycles. The molecule has 4 aliphatic carbocycles. The molecule has 0 radical (unpaired) electrons. The van der Waals surface area contributed by atoms with E-state index in [0.717, 1.165) is 37.9 Å². The lowest BCUT2D eigenvalue weighted by atomic mass is 9.49. The number of rotatable bonds is 2. The van der Waals surface area contributed by atoms with Crippen molar-refractivity contribution >= 4 is 11.9 Å².